The van der Waals surface area contributed by atoms with Crippen LogP contribution in [0.15, 0.2) is 77.7 Å². The number of amides is 2. The molecule has 0 radical (unpaired) electrons. The Morgan fingerprint density at radius 1 is 0.875 bits per heavy atom. The lowest BCUT2D eigenvalue weighted by atomic mass is 10.1. The molecule has 1 fully saturated rings. The quantitative estimate of drug-likeness (QED) is 0.423. The zero-order valence-electron chi connectivity index (χ0n) is 17.7. The molecule has 1 aliphatic rings. The van der Waals surface area contributed by atoms with Crippen LogP contribution in [0, 0.1) is 0 Å². The summed E-state index contributed by atoms with van der Waals surface area (Å²) >= 11 is 7.65. The van der Waals surface area contributed by atoms with Crippen LogP contribution in [0.5, 0.6) is 0 Å². The van der Waals surface area contributed by atoms with E-state index in [1.165, 1.54) is 0 Å². The van der Waals surface area contributed by atoms with Crippen molar-refractivity contribution in [1.29, 1.82) is 0 Å². The van der Waals surface area contributed by atoms with Crippen LogP contribution in [-0.2, 0) is 5.75 Å². The lowest BCUT2D eigenvalue weighted by molar-refractivity contribution is 0.0725. The van der Waals surface area contributed by atoms with E-state index in [1.54, 1.807) is 23.9 Å². The molecule has 32 heavy (non-hydrogen) atoms. The molecule has 0 spiro atoms. The largest absolute Gasteiger partial charge is 0.339 e. The first-order valence-corrected chi connectivity index (χ1v) is 12.1. The molecule has 6 heteroatoms. The molecule has 3 aromatic carbocycles. The number of likely N-dealkylation sites (tertiary alicyclic amines) is 1. The lowest BCUT2D eigenvalue weighted by Gasteiger charge is -2.27. The first kappa shape index (κ1) is 22.4. The maximum Gasteiger partial charge on any atom is 0.255 e. The second-order valence-corrected chi connectivity index (χ2v) is 9.28. The van der Waals surface area contributed by atoms with Gasteiger partial charge in [0, 0.05) is 34.3 Å². The number of hydrogen-bond donors (Lipinski definition) is 1. The van der Waals surface area contributed by atoms with Crippen molar-refractivity contribution in [2.24, 2.45) is 0 Å². The Morgan fingerprint density at radius 3 is 2.28 bits per heavy atom. The zero-order chi connectivity index (χ0) is 22.3. The summed E-state index contributed by atoms with van der Waals surface area (Å²) in [7, 11) is 0. The van der Waals surface area contributed by atoms with E-state index in [1.807, 2.05) is 65.6 Å². The molecule has 1 saturated heterocycles. The molecule has 1 heterocycles. The molecule has 1 N–H and O–H groups in total. The summed E-state index contributed by atoms with van der Waals surface area (Å²) in [5, 5.41) is 3.65. The van der Waals surface area contributed by atoms with Crippen LogP contribution in [0.1, 0.15) is 45.5 Å². The molecule has 0 unspecified atom stereocenters. The van der Waals surface area contributed by atoms with Crippen molar-refractivity contribution in [3.8, 4) is 0 Å². The molecule has 4 nitrogen and oxygen atoms in total. The molecule has 4 rings (SSSR count). The predicted octanol–water partition coefficient (Wildman–Crippen LogP) is 6.51. The summed E-state index contributed by atoms with van der Waals surface area (Å²) in [4.78, 5) is 28.8. The fourth-order valence-corrected chi connectivity index (χ4v) is 4.67. The highest BCUT2D eigenvalue weighted by Crippen LogP contribution is 2.25. The summed E-state index contributed by atoms with van der Waals surface area (Å²) in [5.74, 6) is 0.562. The smallest absolute Gasteiger partial charge is 0.255 e. The Hall–Kier alpha value is -2.76. The van der Waals surface area contributed by atoms with Crippen molar-refractivity contribution in [3.63, 3.8) is 0 Å². The molecular formula is C26H25ClN2O2S. The van der Waals surface area contributed by atoms with E-state index in [9.17, 15) is 9.59 Å². The van der Waals surface area contributed by atoms with Gasteiger partial charge in [0.25, 0.3) is 11.8 Å². The van der Waals surface area contributed by atoms with Crippen molar-refractivity contribution in [2.75, 3.05) is 18.4 Å². The van der Waals surface area contributed by atoms with Gasteiger partial charge >= 0.3 is 0 Å². The third kappa shape index (κ3) is 5.72. The summed E-state index contributed by atoms with van der Waals surface area (Å²) in [6.07, 6.45) is 3.22. The molecular weight excluding hydrogens is 440 g/mol. The van der Waals surface area contributed by atoms with Gasteiger partial charge in [-0.2, -0.15) is 0 Å². The number of piperidine rings is 1. The Labute approximate surface area is 198 Å². The number of carbonyl (C=O) groups is 2. The number of rotatable bonds is 6. The van der Waals surface area contributed by atoms with Crippen LogP contribution in [-0.4, -0.2) is 29.8 Å². The van der Waals surface area contributed by atoms with Crippen molar-refractivity contribution in [3.05, 3.63) is 94.5 Å². The minimum absolute atomic E-state index is 0.0184. The van der Waals surface area contributed by atoms with Gasteiger partial charge in [0.2, 0.25) is 0 Å². The number of nitrogens with one attached hydrogen (secondary N) is 1. The highest BCUT2D eigenvalue weighted by atomic mass is 35.5. The number of nitrogens with zero attached hydrogens (tertiary/aromatic N) is 1. The molecule has 0 saturated carbocycles. The van der Waals surface area contributed by atoms with Crippen molar-refractivity contribution in [2.45, 2.75) is 29.9 Å². The summed E-state index contributed by atoms with van der Waals surface area (Å²) in [5.41, 5.74) is 2.78. The van der Waals surface area contributed by atoms with Gasteiger partial charge in [-0.15, -0.1) is 11.8 Å². The van der Waals surface area contributed by atoms with Gasteiger partial charge in [-0.3, -0.25) is 9.59 Å². The molecule has 3 aromatic rings. The topological polar surface area (TPSA) is 49.4 Å². The first-order valence-electron chi connectivity index (χ1n) is 10.8. The van der Waals surface area contributed by atoms with Gasteiger partial charge < -0.3 is 10.2 Å². The summed E-state index contributed by atoms with van der Waals surface area (Å²) < 4.78 is 0. The van der Waals surface area contributed by atoms with Crippen molar-refractivity contribution < 1.29 is 9.59 Å². The number of anilines is 1. The standard InChI is InChI=1S/C26H25ClN2O2S/c27-21-12-14-22(15-13-21)32-18-19-8-10-20(11-9-19)25(30)28-24-7-3-2-6-23(24)26(31)29-16-4-1-5-17-29/h2-3,6-15H,1,4-5,16-18H2,(H,28,30). The average Bonchev–Trinajstić information content (AvgIpc) is 2.84. The van der Waals surface area contributed by atoms with Gasteiger partial charge in [-0.25, -0.2) is 0 Å². The van der Waals surface area contributed by atoms with Crippen LogP contribution in [0.2, 0.25) is 5.02 Å². The predicted molar refractivity (Wildman–Crippen MR) is 132 cm³/mol. The second-order valence-electron chi connectivity index (χ2n) is 7.79. The fourth-order valence-electron chi connectivity index (χ4n) is 3.69. The Bertz CT molecular complexity index is 1080. The van der Waals surface area contributed by atoms with Crippen LogP contribution >= 0.6 is 23.4 Å². The molecule has 0 atom stereocenters. The number of benzene rings is 3. The van der Waals surface area contributed by atoms with E-state index < -0.39 is 0 Å². The maximum atomic E-state index is 13.0. The van der Waals surface area contributed by atoms with Gasteiger partial charge in [-0.1, -0.05) is 35.9 Å². The van der Waals surface area contributed by atoms with Crippen LogP contribution < -0.4 is 5.32 Å². The average molecular weight is 465 g/mol. The fraction of sp³-hybridized carbons (Fsp3) is 0.231. The van der Waals surface area contributed by atoms with Crippen LogP contribution in [0.4, 0.5) is 5.69 Å². The van der Waals surface area contributed by atoms with Gasteiger partial charge in [-0.05, 0) is 73.4 Å². The monoisotopic (exact) mass is 464 g/mol. The normalized spacial score (nSPS) is 13.6. The van der Waals surface area contributed by atoms with E-state index in [0.29, 0.717) is 16.8 Å². The van der Waals surface area contributed by atoms with E-state index >= 15 is 0 Å². The summed E-state index contributed by atoms with van der Waals surface area (Å²) in [6, 6.07) is 22.6. The third-order valence-electron chi connectivity index (χ3n) is 5.48. The van der Waals surface area contributed by atoms with Gasteiger partial charge in [0.1, 0.15) is 0 Å². The van der Waals surface area contributed by atoms with E-state index in [-0.39, 0.29) is 11.8 Å². The van der Waals surface area contributed by atoms with E-state index in [2.05, 4.69) is 5.32 Å². The third-order valence-corrected chi connectivity index (χ3v) is 6.82. The highest BCUT2D eigenvalue weighted by Gasteiger charge is 2.21. The van der Waals surface area contributed by atoms with E-state index in [4.69, 9.17) is 11.6 Å². The Morgan fingerprint density at radius 2 is 1.56 bits per heavy atom. The molecule has 164 valence electrons. The minimum atomic E-state index is -0.221. The maximum absolute atomic E-state index is 13.0. The lowest BCUT2D eigenvalue weighted by Crippen LogP contribution is -2.36. The Balaban J connectivity index is 1.39. The minimum Gasteiger partial charge on any atom is -0.339 e. The second kappa shape index (κ2) is 10.7. The number of carbonyl (C=O) groups excluding carboxylic acids is 2. The molecule has 0 aliphatic carbocycles. The van der Waals surface area contributed by atoms with Gasteiger partial charge in [0.05, 0.1) is 11.3 Å². The zero-order valence-corrected chi connectivity index (χ0v) is 19.3. The number of thioether (sulfide) groups is 1. The molecule has 0 bridgehead atoms. The Kier molecular flexibility index (Phi) is 7.51. The van der Waals surface area contributed by atoms with Crippen LogP contribution in [0.25, 0.3) is 0 Å². The first-order chi connectivity index (χ1) is 15.6. The van der Waals surface area contributed by atoms with E-state index in [0.717, 1.165) is 53.6 Å². The number of para-hydroxylation sites is 1. The van der Waals surface area contributed by atoms with Gasteiger partial charge in [0.15, 0.2) is 0 Å². The SMILES string of the molecule is O=C(Nc1ccccc1C(=O)N1CCCCC1)c1ccc(CSc2ccc(Cl)cc2)cc1. The molecule has 2 amide bonds. The highest BCUT2D eigenvalue weighted by molar-refractivity contribution is 7.98. The number of hydrogen-bond acceptors (Lipinski definition) is 3. The molecule has 0 aromatic heterocycles. The summed E-state index contributed by atoms with van der Waals surface area (Å²) in [6.45, 7) is 1.55. The number of halogens is 1. The molecule has 1 aliphatic heterocycles. The van der Waals surface area contributed by atoms with Crippen LogP contribution in [0.3, 0.4) is 0 Å². The van der Waals surface area contributed by atoms with Crippen molar-refractivity contribution >= 4 is 40.9 Å². The van der Waals surface area contributed by atoms with Crippen molar-refractivity contribution in [1.82, 2.24) is 4.90 Å².